The highest BCUT2D eigenvalue weighted by molar-refractivity contribution is 5.94. The molecule has 2 aliphatic rings. The van der Waals surface area contributed by atoms with Gasteiger partial charge in [-0.05, 0) is 43.2 Å². The fourth-order valence-corrected chi connectivity index (χ4v) is 3.89. The van der Waals surface area contributed by atoms with Crippen molar-refractivity contribution < 1.29 is 9.90 Å². The maximum absolute atomic E-state index is 13.0. The molecule has 0 bridgehead atoms. The topological polar surface area (TPSA) is 69.2 Å². The van der Waals surface area contributed by atoms with Gasteiger partial charge in [-0.2, -0.15) is 5.10 Å². The molecular formula is C18H21N3O2. The molecule has 5 nitrogen and oxygen atoms in total. The molecule has 1 aromatic carbocycles. The van der Waals surface area contributed by atoms with Crippen molar-refractivity contribution in [3.05, 3.63) is 52.3 Å². The maximum atomic E-state index is 13.0. The van der Waals surface area contributed by atoms with Crippen LogP contribution in [-0.2, 0) is 19.3 Å². The summed E-state index contributed by atoms with van der Waals surface area (Å²) in [5, 5.41) is 17.2. The first-order valence-corrected chi connectivity index (χ1v) is 8.35. The van der Waals surface area contributed by atoms with E-state index in [1.807, 2.05) is 18.2 Å². The lowest BCUT2D eigenvalue weighted by Gasteiger charge is -2.36. The predicted octanol–water partition coefficient (Wildman–Crippen LogP) is 2.02. The van der Waals surface area contributed by atoms with E-state index in [0.717, 1.165) is 48.9 Å². The minimum atomic E-state index is -0.275. The van der Waals surface area contributed by atoms with E-state index in [1.54, 1.807) is 4.90 Å². The minimum absolute atomic E-state index is 0.0575. The van der Waals surface area contributed by atoms with Crippen LogP contribution in [0.4, 0.5) is 0 Å². The summed E-state index contributed by atoms with van der Waals surface area (Å²) in [5.41, 5.74) is 5.02. The molecule has 2 N–H and O–H groups in total. The van der Waals surface area contributed by atoms with Crippen molar-refractivity contribution in [3.63, 3.8) is 0 Å². The van der Waals surface area contributed by atoms with Crippen LogP contribution in [0.1, 0.15) is 51.8 Å². The third-order valence-electron chi connectivity index (χ3n) is 5.11. The number of nitrogens with zero attached hydrogens (tertiary/aromatic N) is 2. The third-order valence-corrected chi connectivity index (χ3v) is 5.11. The summed E-state index contributed by atoms with van der Waals surface area (Å²) in [4.78, 5) is 14.8. The van der Waals surface area contributed by atoms with Crippen molar-refractivity contribution in [1.82, 2.24) is 15.1 Å². The van der Waals surface area contributed by atoms with E-state index in [0.29, 0.717) is 12.2 Å². The molecule has 0 radical (unpaired) electrons. The number of benzene rings is 1. The molecule has 1 aliphatic heterocycles. The van der Waals surface area contributed by atoms with Crippen LogP contribution in [0.5, 0.6) is 0 Å². The van der Waals surface area contributed by atoms with Crippen molar-refractivity contribution in [2.75, 3.05) is 13.2 Å². The summed E-state index contributed by atoms with van der Waals surface area (Å²) in [6, 6.07) is 7.79. The van der Waals surface area contributed by atoms with Crippen LogP contribution < -0.4 is 0 Å². The summed E-state index contributed by atoms with van der Waals surface area (Å²) >= 11 is 0. The SMILES string of the molecule is O=C(c1n[nH]c2c1CCCC2)N1CCc2ccccc2C1CO. The molecule has 120 valence electrons. The molecule has 2 heterocycles. The fourth-order valence-electron chi connectivity index (χ4n) is 3.89. The van der Waals surface area contributed by atoms with Crippen molar-refractivity contribution in [2.45, 2.75) is 38.1 Å². The second kappa shape index (κ2) is 5.81. The van der Waals surface area contributed by atoms with Gasteiger partial charge >= 0.3 is 0 Å². The van der Waals surface area contributed by atoms with Gasteiger partial charge in [-0.3, -0.25) is 9.89 Å². The Morgan fingerprint density at radius 3 is 2.96 bits per heavy atom. The number of hydrogen-bond donors (Lipinski definition) is 2. The molecule has 1 aliphatic carbocycles. The van der Waals surface area contributed by atoms with Crippen LogP contribution in [0, 0.1) is 0 Å². The Kier molecular flexibility index (Phi) is 3.65. The zero-order chi connectivity index (χ0) is 15.8. The van der Waals surface area contributed by atoms with E-state index < -0.39 is 0 Å². The Morgan fingerprint density at radius 2 is 2.09 bits per heavy atom. The van der Waals surface area contributed by atoms with Gasteiger partial charge in [0.1, 0.15) is 0 Å². The largest absolute Gasteiger partial charge is 0.394 e. The fraction of sp³-hybridized carbons (Fsp3) is 0.444. The average Bonchev–Trinajstić information content (AvgIpc) is 3.04. The smallest absolute Gasteiger partial charge is 0.275 e. The number of carbonyl (C=O) groups excluding carboxylic acids is 1. The second-order valence-corrected chi connectivity index (χ2v) is 6.38. The van der Waals surface area contributed by atoms with Gasteiger partial charge in [-0.15, -0.1) is 0 Å². The maximum Gasteiger partial charge on any atom is 0.275 e. The van der Waals surface area contributed by atoms with Crippen LogP contribution in [0.3, 0.4) is 0 Å². The van der Waals surface area contributed by atoms with Crippen LogP contribution in [0.2, 0.25) is 0 Å². The lowest BCUT2D eigenvalue weighted by Crippen LogP contribution is -2.42. The van der Waals surface area contributed by atoms with Crippen molar-refractivity contribution in [3.8, 4) is 0 Å². The Hall–Kier alpha value is -2.14. The van der Waals surface area contributed by atoms with E-state index in [1.165, 1.54) is 5.56 Å². The average molecular weight is 311 g/mol. The van der Waals surface area contributed by atoms with E-state index in [4.69, 9.17) is 0 Å². The Morgan fingerprint density at radius 1 is 1.26 bits per heavy atom. The van der Waals surface area contributed by atoms with Gasteiger partial charge in [0.05, 0.1) is 12.6 Å². The zero-order valence-corrected chi connectivity index (χ0v) is 13.1. The first kappa shape index (κ1) is 14.5. The Balaban J connectivity index is 1.68. The third kappa shape index (κ3) is 2.36. The second-order valence-electron chi connectivity index (χ2n) is 6.38. The monoisotopic (exact) mass is 311 g/mol. The van der Waals surface area contributed by atoms with Gasteiger partial charge in [0.2, 0.25) is 0 Å². The number of fused-ring (bicyclic) bond motifs is 2. The van der Waals surface area contributed by atoms with Crippen LogP contribution in [0.15, 0.2) is 24.3 Å². The highest BCUT2D eigenvalue weighted by atomic mass is 16.3. The van der Waals surface area contributed by atoms with Crippen LogP contribution in [-0.4, -0.2) is 39.3 Å². The molecule has 0 fully saturated rings. The van der Waals surface area contributed by atoms with E-state index in [9.17, 15) is 9.90 Å². The molecule has 4 rings (SSSR count). The van der Waals surface area contributed by atoms with Gasteiger partial charge in [0, 0.05) is 17.8 Å². The minimum Gasteiger partial charge on any atom is -0.394 e. The number of amides is 1. The number of aromatic amines is 1. The summed E-state index contributed by atoms with van der Waals surface area (Å²) in [6.07, 6.45) is 4.98. The van der Waals surface area contributed by atoms with Gasteiger partial charge in [-0.25, -0.2) is 0 Å². The Bertz CT molecular complexity index is 738. The summed E-state index contributed by atoms with van der Waals surface area (Å²) in [5.74, 6) is -0.0575. The lowest BCUT2D eigenvalue weighted by atomic mass is 9.91. The number of H-pyrrole nitrogens is 1. The van der Waals surface area contributed by atoms with Gasteiger partial charge < -0.3 is 10.0 Å². The first-order chi connectivity index (χ1) is 11.3. The van der Waals surface area contributed by atoms with Crippen molar-refractivity contribution in [1.29, 1.82) is 0 Å². The number of aliphatic hydroxyl groups excluding tert-OH is 1. The van der Waals surface area contributed by atoms with Gasteiger partial charge in [-0.1, -0.05) is 24.3 Å². The molecule has 0 saturated heterocycles. The molecule has 1 aromatic heterocycles. The number of aliphatic hydroxyl groups is 1. The quantitative estimate of drug-likeness (QED) is 0.891. The standard InChI is InChI=1S/C18H21N3O2/c22-11-16-13-6-2-1-5-12(13)9-10-21(16)18(23)17-14-7-3-4-8-15(14)19-20-17/h1-2,5-6,16,22H,3-4,7-11H2,(H,19,20). The van der Waals surface area contributed by atoms with E-state index in [-0.39, 0.29) is 18.6 Å². The summed E-state index contributed by atoms with van der Waals surface area (Å²) in [7, 11) is 0. The molecule has 1 unspecified atom stereocenters. The molecule has 1 amide bonds. The van der Waals surface area contributed by atoms with Gasteiger partial charge in [0.25, 0.3) is 5.91 Å². The molecule has 0 spiro atoms. The number of hydrogen-bond acceptors (Lipinski definition) is 3. The highest BCUT2D eigenvalue weighted by Gasteiger charge is 2.33. The number of nitrogens with one attached hydrogen (secondary N) is 1. The summed E-state index contributed by atoms with van der Waals surface area (Å²) < 4.78 is 0. The number of rotatable bonds is 2. The molecule has 23 heavy (non-hydrogen) atoms. The number of aryl methyl sites for hydroxylation is 1. The molecule has 5 heteroatoms. The van der Waals surface area contributed by atoms with E-state index in [2.05, 4.69) is 16.3 Å². The summed E-state index contributed by atoms with van der Waals surface area (Å²) in [6.45, 7) is 0.568. The predicted molar refractivity (Wildman–Crippen MR) is 86.2 cm³/mol. The molecule has 0 saturated carbocycles. The normalized spacial score (nSPS) is 20.0. The molecular weight excluding hydrogens is 290 g/mol. The zero-order valence-electron chi connectivity index (χ0n) is 13.1. The highest BCUT2D eigenvalue weighted by Crippen LogP contribution is 2.32. The van der Waals surface area contributed by atoms with Crippen molar-refractivity contribution in [2.24, 2.45) is 0 Å². The van der Waals surface area contributed by atoms with Crippen LogP contribution in [0.25, 0.3) is 0 Å². The van der Waals surface area contributed by atoms with Gasteiger partial charge in [0.15, 0.2) is 5.69 Å². The Labute approximate surface area is 135 Å². The van der Waals surface area contributed by atoms with Crippen LogP contribution >= 0.6 is 0 Å². The molecule has 1 atom stereocenters. The lowest BCUT2D eigenvalue weighted by molar-refractivity contribution is 0.0561. The van der Waals surface area contributed by atoms with Crippen molar-refractivity contribution >= 4 is 5.91 Å². The molecule has 2 aromatic rings. The van der Waals surface area contributed by atoms with E-state index >= 15 is 0 Å². The number of aromatic nitrogens is 2. The number of carbonyl (C=O) groups is 1. The first-order valence-electron chi connectivity index (χ1n) is 8.35.